The molecule has 18 heavy (non-hydrogen) atoms. The van der Waals surface area contributed by atoms with Gasteiger partial charge in [0.25, 0.3) is 0 Å². The molecule has 94 valence electrons. The second-order valence-electron chi connectivity index (χ2n) is 5.13. The Morgan fingerprint density at radius 2 is 2.22 bits per heavy atom. The molecule has 0 saturated carbocycles. The largest absolute Gasteiger partial charge is 0.439 e. The summed E-state index contributed by atoms with van der Waals surface area (Å²) in [5.74, 6) is 0.827. The molecule has 1 atom stereocenters. The van der Waals surface area contributed by atoms with Gasteiger partial charge in [0, 0.05) is 37.9 Å². The molecule has 5 nitrogen and oxygen atoms in total. The number of pyridine rings is 1. The summed E-state index contributed by atoms with van der Waals surface area (Å²) in [6.07, 6.45) is 5.98. The molecule has 5 rings (SSSR count). The second kappa shape index (κ2) is 4.03. The Morgan fingerprint density at radius 1 is 1.33 bits per heavy atom. The molecule has 2 aromatic heterocycles. The van der Waals surface area contributed by atoms with Crippen molar-refractivity contribution in [1.82, 2.24) is 20.2 Å². The van der Waals surface area contributed by atoms with Crippen molar-refractivity contribution in [2.24, 2.45) is 0 Å². The van der Waals surface area contributed by atoms with Crippen LogP contribution < -0.4 is 5.32 Å². The van der Waals surface area contributed by atoms with Crippen LogP contribution in [0.25, 0.3) is 11.1 Å². The quantitative estimate of drug-likeness (QED) is 0.820. The van der Waals surface area contributed by atoms with Gasteiger partial charge in [0.1, 0.15) is 5.52 Å². The van der Waals surface area contributed by atoms with E-state index in [2.05, 4.69) is 20.2 Å². The zero-order valence-corrected chi connectivity index (χ0v) is 10.2. The van der Waals surface area contributed by atoms with E-state index in [9.17, 15) is 0 Å². The van der Waals surface area contributed by atoms with E-state index in [1.165, 1.54) is 12.8 Å². The summed E-state index contributed by atoms with van der Waals surface area (Å²) in [6, 6.07) is 2.82. The van der Waals surface area contributed by atoms with Crippen LogP contribution in [0.4, 0.5) is 0 Å². The Bertz CT molecular complexity index is 526. The maximum atomic E-state index is 5.88. The predicted molar refractivity (Wildman–Crippen MR) is 67.1 cm³/mol. The van der Waals surface area contributed by atoms with Gasteiger partial charge in [-0.3, -0.25) is 9.88 Å². The van der Waals surface area contributed by atoms with Crippen molar-refractivity contribution >= 4 is 11.1 Å². The van der Waals surface area contributed by atoms with Crippen LogP contribution in [0.3, 0.4) is 0 Å². The number of hydrogen-bond acceptors (Lipinski definition) is 5. The summed E-state index contributed by atoms with van der Waals surface area (Å²) in [7, 11) is 0. The number of nitrogens with one attached hydrogen (secondary N) is 1. The minimum atomic E-state index is 0.268. The third-order valence-electron chi connectivity index (χ3n) is 4.06. The monoisotopic (exact) mass is 244 g/mol. The van der Waals surface area contributed by atoms with Crippen molar-refractivity contribution in [3.8, 4) is 0 Å². The van der Waals surface area contributed by atoms with E-state index < -0.39 is 0 Å². The lowest BCUT2D eigenvalue weighted by atomic mass is 10.1. The molecule has 0 spiro atoms. The SMILES string of the molecule is c1cc2oc(C3CNC4CCN3CC4)nc2cn1. The molecule has 0 aliphatic carbocycles. The van der Waals surface area contributed by atoms with Crippen LogP contribution in [0.5, 0.6) is 0 Å². The Balaban J connectivity index is 1.72. The minimum Gasteiger partial charge on any atom is -0.439 e. The number of aromatic nitrogens is 2. The highest BCUT2D eigenvalue weighted by Gasteiger charge is 2.33. The van der Waals surface area contributed by atoms with E-state index in [1.54, 1.807) is 12.4 Å². The Hall–Kier alpha value is -1.46. The van der Waals surface area contributed by atoms with E-state index in [0.717, 1.165) is 36.6 Å². The molecular weight excluding hydrogens is 228 g/mol. The summed E-state index contributed by atoms with van der Waals surface area (Å²) in [5.41, 5.74) is 1.69. The average molecular weight is 244 g/mol. The van der Waals surface area contributed by atoms with Gasteiger partial charge in [-0.25, -0.2) is 4.98 Å². The van der Waals surface area contributed by atoms with Gasteiger partial charge >= 0.3 is 0 Å². The number of piperidine rings is 1. The first-order valence-corrected chi connectivity index (χ1v) is 6.58. The fourth-order valence-electron chi connectivity index (χ4n) is 3.01. The maximum Gasteiger partial charge on any atom is 0.214 e. The lowest BCUT2D eigenvalue weighted by molar-refractivity contribution is 0.168. The first-order valence-electron chi connectivity index (χ1n) is 6.58. The van der Waals surface area contributed by atoms with Crippen molar-refractivity contribution < 1.29 is 4.42 Å². The van der Waals surface area contributed by atoms with Crippen molar-refractivity contribution in [3.05, 3.63) is 24.4 Å². The number of oxazole rings is 1. The van der Waals surface area contributed by atoms with Gasteiger partial charge in [-0.1, -0.05) is 0 Å². The van der Waals surface area contributed by atoms with Crippen molar-refractivity contribution in [3.63, 3.8) is 0 Å². The standard InChI is InChI=1S/C13H16N4O/c1-4-14-7-10-12(1)18-13(16-10)11-8-15-9-2-5-17(11)6-3-9/h1,4,7,9,11,15H,2-3,5-6,8H2. The molecule has 1 unspecified atom stereocenters. The normalized spacial score (nSPS) is 31.7. The van der Waals surface area contributed by atoms with Gasteiger partial charge in [-0.05, 0) is 12.8 Å². The molecule has 5 heterocycles. The zero-order valence-electron chi connectivity index (χ0n) is 10.2. The molecule has 0 aromatic carbocycles. The summed E-state index contributed by atoms with van der Waals surface area (Å²) in [6.45, 7) is 3.21. The van der Waals surface area contributed by atoms with E-state index in [0.29, 0.717) is 6.04 Å². The molecule has 2 aromatic rings. The van der Waals surface area contributed by atoms with Crippen molar-refractivity contribution in [2.75, 3.05) is 19.6 Å². The van der Waals surface area contributed by atoms with Crippen LogP contribution in [-0.2, 0) is 0 Å². The molecular formula is C13H16N4O. The van der Waals surface area contributed by atoms with Crippen LogP contribution in [0, 0.1) is 0 Å². The second-order valence-corrected chi connectivity index (χ2v) is 5.13. The fraction of sp³-hybridized carbons (Fsp3) is 0.538. The van der Waals surface area contributed by atoms with Gasteiger partial charge in [0.15, 0.2) is 5.58 Å². The Labute approximate surface area is 105 Å². The van der Waals surface area contributed by atoms with Crippen LogP contribution in [0.1, 0.15) is 24.8 Å². The molecule has 3 aliphatic heterocycles. The topological polar surface area (TPSA) is 54.2 Å². The first-order chi connectivity index (χ1) is 8.90. The van der Waals surface area contributed by atoms with Crippen molar-refractivity contribution in [1.29, 1.82) is 0 Å². The molecule has 5 heteroatoms. The van der Waals surface area contributed by atoms with Crippen molar-refractivity contribution in [2.45, 2.75) is 24.9 Å². The molecule has 2 bridgehead atoms. The molecule has 3 aliphatic rings. The van der Waals surface area contributed by atoms with Crippen LogP contribution in [0.2, 0.25) is 0 Å². The minimum absolute atomic E-state index is 0.268. The van der Waals surface area contributed by atoms with Gasteiger partial charge in [-0.2, -0.15) is 0 Å². The summed E-state index contributed by atoms with van der Waals surface area (Å²) < 4.78 is 5.88. The number of fused-ring (bicyclic) bond motifs is 5. The Kier molecular flexibility index (Phi) is 2.34. The smallest absolute Gasteiger partial charge is 0.214 e. The highest BCUT2D eigenvalue weighted by atomic mass is 16.3. The molecule has 3 fully saturated rings. The van der Waals surface area contributed by atoms with Crippen LogP contribution >= 0.6 is 0 Å². The molecule has 0 radical (unpaired) electrons. The van der Waals surface area contributed by atoms with Crippen LogP contribution in [0.15, 0.2) is 22.9 Å². The van der Waals surface area contributed by atoms with Gasteiger partial charge in [-0.15, -0.1) is 0 Å². The summed E-state index contributed by atoms with van der Waals surface area (Å²) >= 11 is 0. The fourth-order valence-corrected chi connectivity index (χ4v) is 3.01. The maximum absolute atomic E-state index is 5.88. The molecule has 3 saturated heterocycles. The van der Waals surface area contributed by atoms with E-state index in [1.807, 2.05) is 6.07 Å². The molecule has 1 N–H and O–H groups in total. The lowest BCUT2D eigenvalue weighted by Crippen LogP contribution is -2.35. The van der Waals surface area contributed by atoms with E-state index in [-0.39, 0.29) is 6.04 Å². The van der Waals surface area contributed by atoms with Gasteiger partial charge in [0.05, 0.1) is 12.2 Å². The number of nitrogens with zero attached hydrogens (tertiary/aromatic N) is 3. The zero-order chi connectivity index (χ0) is 11.9. The van der Waals surface area contributed by atoms with E-state index in [4.69, 9.17) is 4.42 Å². The number of rotatable bonds is 1. The molecule has 0 amide bonds. The highest BCUT2D eigenvalue weighted by molar-refractivity contribution is 5.70. The Morgan fingerprint density at radius 3 is 3.06 bits per heavy atom. The number of hydrogen-bond donors (Lipinski definition) is 1. The average Bonchev–Trinajstić information content (AvgIpc) is 2.61. The lowest BCUT2D eigenvalue weighted by Gasteiger charge is -2.29. The third-order valence-corrected chi connectivity index (χ3v) is 4.06. The third kappa shape index (κ3) is 1.62. The van der Waals surface area contributed by atoms with Crippen LogP contribution in [-0.4, -0.2) is 40.5 Å². The predicted octanol–water partition coefficient (Wildman–Crippen LogP) is 1.33. The first kappa shape index (κ1) is 10.5. The van der Waals surface area contributed by atoms with Gasteiger partial charge < -0.3 is 9.73 Å². The highest BCUT2D eigenvalue weighted by Crippen LogP contribution is 2.29. The van der Waals surface area contributed by atoms with E-state index >= 15 is 0 Å². The summed E-state index contributed by atoms with van der Waals surface area (Å²) in [5, 5.41) is 3.61. The van der Waals surface area contributed by atoms with Gasteiger partial charge in [0.2, 0.25) is 5.89 Å². The summed E-state index contributed by atoms with van der Waals surface area (Å²) in [4.78, 5) is 11.2.